The first-order valence-corrected chi connectivity index (χ1v) is 24.5. The average molecular weight is 961 g/mol. The van der Waals surface area contributed by atoms with Crippen molar-refractivity contribution >= 4 is 79.0 Å². The topological polar surface area (TPSA) is 50.1 Å². The number of hydrogen-bond acceptors (Lipinski definition) is 5. The molecule has 12 aromatic rings. The lowest BCUT2D eigenvalue weighted by Gasteiger charge is -2.44. The van der Waals surface area contributed by atoms with Crippen LogP contribution in [0.15, 0.2) is 243 Å². The van der Waals surface area contributed by atoms with Gasteiger partial charge in [-0.05, 0) is 106 Å². The standard InChI is InChI=1S/C64H40BF3N6/c66-64(67,68)50-30-19-29-48(63-70-61(41-20-5-1-6-21-41)69-62(71-63)42-22-7-2-8-23-42)60(50)74-53-33-16-13-28-47(53)49-38-43(36-37-54(49)74)44-39-57-59-58(40-44)73(46-26-11-4-12-27-46)56-35-18-15-32-52(56)65(59)51-31-14-17-34-55(51)72(57)45-24-9-3-10-25-45/h1-40H. The van der Waals surface area contributed by atoms with E-state index in [9.17, 15) is 0 Å². The number of fused-ring (bicyclic) bond motifs is 7. The zero-order valence-electron chi connectivity index (χ0n) is 39.5. The summed E-state index contributed by atoms with van der Waals surface area (Å²) in [6, 6.07) is 79.9. The lowest BCUT2D eigenvalue weighted by molar-refractivity contribution is -0.137. The Morgan fingerprint density at radius 2 is 0.851 bits per heavy atom. The van der Waals surface area contributed by atoms with Crippen molar-refractivity contribution in [3.05, 3.63) is 248 Å². The lowest BCUT2D eigenvalue weighted by atomic mass is 9.33. The Morgan fingerprint density at radius 1 is 0.365 bits per heavy atom. The number of halogens is 3. The van der Waals surface area contributed by atoms with Gasteiger partial charge in [0.1, 0.15) is 0 Å². The quantitative estimate of drug-likeness (QED) is 0.149. The van der Waals surface area contributed by atoms with Crippen LogP contribution in [-0.2, 0) is 6.18 Å². The molecule has 0 amide bonds. The maximum Gasteiger partial charge on any atom is 0.418 e. The number of rotatable bonds is 7. The molecule has 10 heteroatoms. The summed E-state index contributed by atoms with van der Waals surface area (Å²) >= 11 is 0. The molecule has 350 valence electrons. The van der Waals surface area contributed by atoms with E-state index in [1.807, 2.05) is 109 Å². The number of para-hydroxylation sites is 6. The van der Waals surface area contributed by atoms with Gasteiger partial charge < -0.3 is 14.4 Å². The Kier molecular flexibility index (Phi) is 9.98. The maximum absolute atomic E-state index is 15.8. The molecule has 0 fully saturated rings. The van der Waals surface area contributed by atoms with Crippen LogP contribution >= 0.6 is 0 Å². The summed E-state index contributed by atoms with van der Waals surface area (Å²) in [5.74, 6) is 0.823. The highest BCUT2D eigenvalue weighted by atomic mass is 19.4. The first-order valence-electron chi connectivity index (χ1n) is 24.5. The number of anilines is 6. The zero-order chi connectivity index (χ0) is 49.5. The van der Waals surface area contributed by atoms with Crippen molar-refractivity contribution in [3.8, 4) is 51.0 Å². The Labute approximate surface area is 425 Å². The molecule has 6 nitrogen and oxygen atoms in total. The van der Waals surface area contributed by atoms with E-state index in [4.69, 9.17) is 15.0 Å². The van der Waals surface area contributed by atoms with Crippen LogP contribution < -0.4 is 26.2 Å². The predicted octanol–water partition coefficient (Wildman–Crippen LogP) is 14.7. The SMILES string of the molecule is FC(F)(F)c1cccc(-c2nc(-c3ccccc3)nc(-c3ccccc3)n2)c1-n1c2ccccc2c2cc(-c3cc4c5c(c3)N(c3ccccc3)c3ccccc3B5c3ccccc3N4c3ccccc3)ccc21. The Balaban J connectivity index is 1.02. The van der Waals surface area contributed by atoms with E-state index in [-0.39, 0.29) is 23.8 Å². The first kappa shape index (κ1) is 43.3. The molecule has 0 radical (unpaired) electrons. The third kappa shape index (κ3) is 6.94. The molecule has 74 heavy (non-hydrogen) atoms. The smallest absolute Gasteiger partial charge is 0.311 e. The highest BCUT2D eigenvalue weighted by Gasteiger charge is 2.43. The van der Waals surface area contributed by atoms with Gasteiger partial charge in [0.05, 0.1) is 22.3 Å². The molecule has 0 saturated heterocycles. The molecule has 0 spiro atoms. The van der Waals surface area contributed by atoms with Crippen molar-refractivity contribution < 1.29 is 13.2 Å². The van der Waals surface area contributed by atoms with Crippen molar-refractivity contribution in [3.63, 3.8) is 0 Å². The zero-order valence-corrected chi connectivity index (χ0v) is 39.5. The van der Waals surface area contributed by atoms with E-state index < -0.39 is 11.7 Å². The minimum absolute atomic E-state index is 0.0540. The van der Waals surface area contributed by atoms with Gasteiger partial charge in [-0.2, -0.15) is 13.2 Å². The molecule has 14 rings (SSSR count). The highest BCUT2D eigenvalue weighted by Crippen LogP contribution is 2.48. The number of aromatic nitrogens is 4. The highest BCUT2D eigenvalue weighted by molar-refractivity contribution is 7.00. The van der Waals surface area contributed by atoms with E-state index >= 15 is 13.2 Å². The fourth-order valence-corrected chi connectivity index (χ4v) is 11.3. The normalized spacial score (nSPS) is 12.7. The van der Waals surface area contributed by atoms with Crippen molar-refractivity contribution in [2.75, 3.05) is 9.80 Å². The molecule has 4 heterocycles. The van der Waals surface area contributed by atoms with E-state index in [1.54, 1.807) is 10.6 Å². The molecular weight excluding hydrogens is 921 g/mol. The van der Waals surface area contributed by atoms with E-state index in [2.05, 4.69) is 125 Å². The van der Waals surface area contributed by atoms with Gasteiger partial charge in [0.25, 0.3) is 6.71 Å². The van der Waals surface area contributed by atoms with Gasteiger partial charge in [-0.1, -0.05) is 164 Å². The largest absolute Gasteiger partial charge is 0.418 e. The van der Waals surface area contributed by atoms with Gasteiger partial charge in [0.2, 0.25) is 0 Å². The van der Waals surface area contributed by atoms with E-state index in [1.165, 1.54) is 22.5 Å². The van der Waals surface area contributed by atoms with Gasteiger partial charge >= 0.3 is 6.18 Å². The molecule has 10 aromatic carbocycles. The molecule has 0 bridgehead atoms. The summed E-state index contributed by atoms with van der Waals surface area (Å²) in [5, 5.41) is 1.60. The molecule has 0 aliphatic carbocycles. The fraction of sp³-hybridized carbons (Fsp3) is 0.0156. The summed E-state index contributed by atoms with van der Waals surface area (Å²) in [6.07, 6.45) is -4.74. The molecular formula is C64H40BF3N6. The summed E-state index contributed by atoms with van der Waals surface area (Å²) in [4.78, 5) is 19.5. The summed E-state index contributed by atoms with van der Waals surface area (Å²) in [6.45, 7) is -0.0540. The Morgan fingerprint density at radius 3 is 1.42 bits per heavy atom. The Hall–Kier alpha value is -9.54. The molecule has 0 saturated carbocycles. The summed E-state index contributed by atoms with van der Waals surface area (Å²) in [7, 11) is 0. The van der Waals surface area contributed by atoms with Crippen LogP contribution in [0.25, 0.3) is 72.8 Å². The monoisotopic (exact) mass is 960 g/mol. The Bertz CT molecular complexity index is 3980. The second-order valence-electron chi connectivity index (χ2n) is 18.6. The summed E-state index contributed by atoms with van der Waals surface area (Å²) < 4.78 is 49.1. The first-order chi connectivity index (χ1) is 36.4. The van der Waals surface area contributed by atoms with Gasteiger partial charge in [-0.15, -0.1) is 0 Å². The fourth-order valence-electron chi connectivity index (χ4n) is 11.3. The minimum Gasteiger partial charge on any atom is -0.311 e. The van der Waals surface area contributed by atoms with Gasteiger partial charge in [-0.25, -0.2) is 15.0 Å². The number of nitrogens with zero attached hydrogens (tertiary/aromatic N) is 6. The third-order valence-corrected chi connectivity index (χ3v) is 14.4. The van der Waals surface area contributed by atoms with E-state index in [0.717, 1.165) is 62.1 Å². The van der Waals surface area contributed by atoms with Gasteiger partial charge in [-0.3, -0.25) is 0 Å². The lowest BCUT2D eigenvalue weighted by Crippen LogP contribution is -2.61. The average Bonchev–Trinajstić information content (AvgIpc) is 3.79. The second kappa shape index (κ2) is 17.1. The van der Waals surface area contributed by atoms with Crippen LogP contribution in [0.1, 0.15) is 5.56 Å². The van der Waals surface area contributed by atoms with Crippen LogP contribution in [0, 0.1) is 0 Å². The van der Waals surface area contributed by atoms with Crippen molar-refractivity contribution in [2.24, 2.45) is 0 Å². The summed E-state index contributed by atoms with van der Waals surface area (Å²) in [5.41, 5.74) is 13.9. The van der Waals surface area contributed by atoms with E-state index in [0.29, 0.717) is 33.8 Å². The maximum atomic E-state index is 15.8. The van der Waals surface area contributed by atoms with Crippen LogP contribution in [0.4, 0.5) is 47.3 Å². The number of hydrogen-bond donors (Lipinski definition) is 0. The van der Waals surface area contributed by atoms with Crippen LogP contribution in [0.3, 0.4) is 0 Å². The molecule has 0 atom stereocenters. The molecule has 2 aliphatic rings. The van der Waals surface area contributed by atoms with Crippen molar-refractivity contribution in [1.82, 2.24) is 19.5 Å². The van der Waals surface area contributed by atoms with Crippen LogP contribution in [0.2, 0.25) is 0 Å². The van der Waals surface area contributed by atoms with Crippen LogP contribution in [0.5, 0.6) is 0 Å². The van der Waals surface area contributed by atoms with Crippen molar-refractivity contribution in [2.45, 2.75) is 6.18 Å². The molecule has 2 aliphatic heterocycles. The molecule has 2 aromatic heterocycles. The second-order valence-corrected chi connectivity index (χ2v) is 18.6. The number of alkyl halides is 3. The van der Waals surface area contributed by atoms with Gasteiger partial charge in [0, 0.05) is 61.6 Å². The minimum atomic E-state index is -4.74. The van der Waals surface area contributed by atoms with Crippen molar-refractivity contribution in [1.29, 1.82) is 0 Å². The molecule has 0 unspecified atom stereocenters. The predicted molar refractivity (Wildman–Crippen MR) is 295 cm³/mol. The number of benzene rings is 10. The van der Waals surface area contributed by atoms with Gasteiger partial charge in [0.15, 0.2) is 17.5 Å². The molecule has 0 N–H and O–H groups in total. The third-order valence-electron chi connectivity index (χ3n) is 14.4. The van der Waals surface area contributed by atoms with Crippen LogP contribution in [-0.4, -0.2) is 26.2 Å².